The number of aromatic nitrogens is 2. The largest absolute Gasteiger partial charge is 0.322 e. The number of carbonyl (C=O) groups excluding carboxylic acids is 1. The minimum Gasteiger partial charge on any atom is -0.322 e. The van der Waals surface area contributed by atoms with Crippen molar-refractivity contribution >= 4 is 22.5 Å². The summed E-state index contributed by atoms with van der Waals surface area (Å²) < 4.78 is 0. The number of anilines is 1. The van der Waals surface area contributed by atoms with Gasteiger partial charge in [0.25, 0.3) is 5.91 Å². The van der Waals surface area contributed by atoms with Gasteiger partial charge in [-0.2, -0.15) is 5.10 Å². The molecule has 0 radical (unpaired) electrons. The molecule has 106 valence electrons. The summed E-state index contributed by atoms with van der Waals surface area (Å²) in [6, 6.07) is 9.65. The Morgan fingerprint density at radius 1 is 1.10 bits per heavy atom. The van der Waals surface area contributed by atoms with Gasteiger partial charge in [-0.05, 0) is 50.1 Å². The Morgan fingerprint density at radius 3 is 2.52 bits per heavy atom. The average molecular weight is 279 g/mol. The predicted molar refractivity (Wildman–Crippen MR) is 84.7 cm³/mol. The van der Waals surface area contributed by atoms with Gasteiger partial charge in [0.2, 0.25) is 0 Å². The van der Waals surface area contributed by atoms with Crippen LogP contribution in [-0.2, 0) is 0 Å². The van der Waals surface area contributed by atoms with Crippen LogP contribution < -0.4 is 5.32 Å². The van der Waals surface area contributed by atoms with Crippen molar-refractivity contribution in [2.24, 2.45) is 0 Å². The van der Waals surface area contributed by atoms with Crippen LogP contribution in [0.5, 0.6) is 0 Å². The molecule has 3 aromatic rings. The van der Waals surface area contributed by atoms with Gasteiger partial charge in [0.15, 0.2) is 0 Å². The number of nitrogens with zero attached hydrogens (tertiary/aromatic N) is 1. The lowest BCUT2D eigenvalue weighted by Crippen LogP contribution is -2.13. The van der Waals surface area contributed by atoms with E-state index in [-0.39, 0.29) is 5.91 Å². The minimum atomic E-state index is -0.104. The zero-order chi connectivity index (χ0) is 15.0. The number of hydrogen-bond acceptors (Lipinski definition) is 2. The van der Waals surface area contributed by atoms with Crippen molar-refractivity contribution in [3.8, 4) is 0 Å². The summed E-state index contributed by atoms with van der Waals surface area (Å²) in [6.07, 6.45) is 1.72. The topological polar surface area (TPSA) is 57.8 Å². The quantitative estimate of drug-likeness (QED) is 0.750. The van der Waals surface area contributed by atoms with E-state index in [0.29, 0.717) is 5.56 Å². The maximum atomic E-state index is 12.4. The Kier molecular flexibility index (Phi) is 3.22. The molecule has 0 aliphatic rings. The monoisotopic (exact) mass is 279 g/mol. The number of benzene rings is 2. The third-order valence-corrected chi connectivity index (χ3v) is 3.62. The van der Waals surface area contributed by atoms with E-state index in [4.69, 9.17) is 0 Å². The summed E-state index contributed by atoms with van der Waals surface area (Å²) in [6.45, 7) is 6.07. The van der Waals surface area contributed by atoms with E-state index in [1.54, 1.807) is 12.3 Å². The Hall–Kier alpha value is -2.62. The van der Waals surface area contributed by atoms with Crippen molar-refractivity contribution < 1.29 is 4.79 Å². The highest BCUT2D eigenvalue weighted by Crippen LogP contribution is 2.23. The molecule has 0 saturated heterocycles. The van der Waals surface area contributed by atoms with Crippen LogP contribution in [0.1, 0.15) is 27.0 Å². The second-order valence-electron chi connectivity index (χ2n) is 5.40. The van der Waals surface area contributed by atoms with Gasteiger partial charge in [-0.15, -0.1) is 0 Å². The molecule has 0 aliphatic heterocycles. The second kappa shape index (κ2) is 5.05. The zero-order valence-corrected chi connectivity index (χ0v) is 12.3. The molecule has 0 saturated carbocycles. The summed E-state index contributed by atoms with van der Waals surface area (Å²) in [7, 11) is 0. The van der Waals surface area contributed by atoms with Crippen molar-refractivity contribution in [2.45, 2.75) is 20.8 Å². The predicted octanol–water partition coefficient (Wildman–Crippen LogP) is 3.74. The van der Waals surface area contributed by atoms with Crippen LogP contribution >= 0.6 is 0 Å². The number of aromatic amines is 1. The lowest BCUT2D eigenvalue weighted by molar-refractivity contribution is 0.102. The van der Waals surface area contributed by atoms with Crippen LogP contribution in [-0.4, -0.2) is 16.1 Å². The minimum absolute atomic E-state index is 0.104. The standard InChI is InChI=1S/C17H17N3O/c1-10-6-11(2)16(12(3)7-10)19-17(21)13-4-5-15-14(8-13)9-18-20-15/h4-9H,1-3H3,(H,18,20)(H,19,21). The van der Waals surface area contributed by atoms with Crippen LogP contribution in [0.25, 0.3) is 10.9 Å². The van der Waals surface area contributed by atoms with Crippen molar-refractivity contribution in [3.63, 3.8) is 0 Å². The Morgan fingerprint density at radius 2 is 1.81 bits per heavy atom. The molecule has 4 heteroatoms. The molecule has 2 N–H and O–H groups in total. The molecule has 1 aromatic heterocycles. The van der Waals surface area contributed by atoms with Gasteiger partial charge in [-0.1, -0.05) is 17.7 Å². The summed E-state index contributed by atoms with van der Waals surface area (Å²) >= 11 is 0. The number of carbonyl (C=O) groups is 1. The van der Waals surface area contributed by atoms with Crippen LogP contribution in [0.15, 0.2) is 36.5 Å². The van der Waals surface area contributed by atoms with E-state index < -0.39 is 0 Å². The molecule has 0 unspecified atom stereocenters. The zero-order valence-electron chi connectivity index (χ0n) is 12.3. The van der Waals surface area contributed by atoms with Crippen molar-refractivity contribution in [1.29, 1.82) is 0 Å². The first-order valence-electron chi connectivity index (χ1n) is 6.87. The molecule has 0 bridgehead atoms. The van der Waals surface area contributed by atoms with Gasteiger partial charge < -0.3 is 5.32 Å². The second-order valence-corrected chi connectivity index (χ2v) is 5.40. The van der Waals surface area contributed by atoms with Gasteiger partial charge in [0.05, 0.1) is 11.7 Å². The van der Waals surface area contributed by atoms with E-state index in [1.165, 1.54) is 5.56 Å². The fourth-order valence-corrected chi connectivity index (χ4v) is 2.65. The molecule has 21 heavy (non-hydrogen) atoms. The Balaban J connectivity index is 1.92. The molecule has 0 fully saturated rings. The Bertz CT molecular complexity index is 810. The number of H-pyrrole nitrogens is 1. The molecular weight excluding hydrogens is 262 g/mol. The van der Waals surface area contributed by atoms with Crippen molar-refractivity contribution in [2.75, 3.05) is 5.32 Å². The van der Waals surface area contributed by atoms with Gasteiger partial charge in [-0.25, -0.2) is 0 Å². The summed E-state index contributed by atoms with van der Waals surface area (Å²) in [5.41, 5.74) is 5.79. The smallest absolute Gasteiger partial charge is 0.255 e. The molecule has 0 aliphatic carbocycles. The van der Waals surface area contributed by atoms with E-state index in [0.717, 1.165) is 27.7 Å². The molecule has 0 spiro atoms. The van der Waals surface area contributed by atoms with Crippen molar-refractivity contribution in [1.82, 2.24) is 10.2 Å². The maximum absolute atomic E-state index is 12.4. The average Bonchev–Trinajstić information content (AvgIpc) is 2.89. The number of aryl methyl sites for hydroxylation is 3. The maximum Gasteiger partial charge on any atom is 0.255 e. The normalized spacial score (nSPS) is 10.8. The number of amides is 1. The highest BCUT2D eigenvalue weighted by Gasteiger charge is 2.11. The van der Waals surface area contributed by atoms with E-state index in [1.807, 2.05) is 26.0 Å². The van der Waals surface area contributed by atoms with E-state index in [9.17, 15) is 4.79 Å². The van der Waals surface area contributed by atoms with Crippen LogP contribution in [0.3, 0.4) is 0 Å². The first-order valence-corrected chi connectivity index (χ1v) is 6.87. The van der Waals surface area contributed by atoms with Gasteiger partial charge in [0, 0.05) is 16.6 Å². The molecule has 1 heterocycles. The third kappa shape index (κ3) is 2.52. The molecule has 0 atom stereocenters. The number of hydrogen-bond donors (Lipinski definition) is 2. The number of fused-ring (bicyclic) bond motifs is 1. The molecule has 1 amide bonds. The lowest BCUT2D eigenvalue weighted by atomic mass is 10.0. The van der Waals surface area contributed by atoms with Gasteiger partial charge in [-0.3, -0.25) is 9.89 Å². The highest BCUT2D eigenvalue weighted by molar-refractivity contribution is 6.06. The molecule has 2 aromatic carbocycles. The van der Waals surface area contributed by atoms with Crippen LogP contribution in [0.2, 0.25) is 0 Å². The first-order chi connectivity index (χ1) is 10.0. The SMILES string of the molecule is Cc1cc(C)c(NC(=O)c2ccc3[nH]ncc3c2)c(C)c1. The molecule has 4 nitrogen and oxygen atoms in total. The fourth-order valence-electron chi connectivity index (χ4n) is 2.65. The summed E-state index contributed by atoms with van der Waals surface area (Å²) in [5.74, 6) is -0.104. The van der Waals surface area contributed by atoms with Crippen LogP contribution in [0, 0.1) is 20.8 Å². The third-order valence-electron chi connectivity index (χ3n) is 3.62. The van der Waals surface area contributed by atoms with Gasteiger partial charge >= 0.3 is 0 Å². The van der Waals surface area contributed by atoms with E-state index in [2.05, 4.69) is 34.6 Å². The fraction of sp³-hybridized carbons (Fsp3) is 0.176. The van der Waals surface area contributed by atoms with E-state index >= 15 is 0 Å². The van der Waals surface area contributed by atoms with Crippen LogP contribution in [0.4, 0.5) is 5.69 Å². The number of rotatable bonds is 2. The lowest BCUT2D eigenvalue weighted by Gasteiger charge is -2.13. The Labute approximate surface area is 123 Å². The van der Waals surface area contributed by atoms with Crippen molar-refractivity contribution in [3.05, 3.63) is 58.8 Å². The van der Waals surface area contributed by atoms with Gasteiger partial charge in [0.1, 0.15) is 0 Å². The number of nitrogens with one attached hydrogen (secondary N) is 2. The summed E-state index contributed by atoms with van der Waals surface area (Å²) in [4.78, 5) is 12.4. The highest BCUT2D eigenvalue weighted by atomic mass is 16.1. The molecule has 3 rings (SSSR count). The first kappa shape index (κ1) is 13.4. The molecular formula is C17H17N3O. The summed E-state index contributed by atoms with van der Waals surface area (Å²) in [5, 5.41) is 10.8.